The number of hydrogen-bond donors (Lipinski definition) is 0. The molecule has 0 atom stereocenters. The maximum Gasteiger partial charge on any atom is 0.272 e. The molecule has 0 heterocycles. The van der Waals surface area contributed by atoms with Crippen molar-refractivity contribution in [2.75, 3.05) is 0 Å². The predicted octanol–water partition coefficient (Wildman–Crippen LogP) is 3.25. The predicted molar refractivity (Wildman–Crippen MR) is 56.4 cm³/mol. The minimum Gasteiger partial charge on any atom is -0.258 e. The number of hydrogen-bond acceptors (Lipinski definition) is 2. The molecule has 0 unspecified atom stereocenters. The molecule has 0 aliphatic rings. The van der Waals surface area contributed by atoms with Gasteiger partial charge in [-0.3, -0.25) is 10.1 Å². The summed E-state index contributed by atoms with van der Waals surface area (Å²) in [5.74, 6) is 0. The Bertz CT molecular complexity index is 334. The quantitative estimate of drug-likeness (QED) is 0.544. The van der Waals surface area contributed by atoms with Gasteiger partial charge in [-0.15, -0.1) is 0 Å². The first-order chi connectivity index (χ1) is 6.65. The summed E-state index contributed by atoms with van der Waals surface area (Å²) in [5.41, 5.74) is 2.03. The number of rotatable bonds is 4. The zero-order valence-corrected chi connectivity index (χ0v) is 8.62. The summed E-state index contributed by atoms with van der Waals surface area (Å²) in [6, 6.07) is 5.48. The van der Waals surface area contributed by atoms with Crippen molar-refractivity contribution in [1.82, 2.24) is 0 Å². The number of nitrogens with zero attached hydrogens (tertiary/aromatic N) is 1. The van der Waals surface area contributed by atoms with Gasteiger partial charge in [0.15, 0.2) is 0 Å². The molecule has 1 rings (SSSR count). The van der Waals surface area contributed by atoms with Crippen molar-refractivity contribution < 1.29 is 4.92 Å². The molecule has 0 bridgehead atoms. The molecule has 0 amide bonds. The Morgan fingerprint density at radius 1 is 1.43 bits per heavy atom. The summed E-state index contributed by atoms with van der Waals surface area (Å²) in [7, 11) is 0. The number of aryl methyl sites for hydroxylation is 2. The van der Waals surface area contributed by atoms with Crippen LogP contribution in [0.15, 0.2) is 18.2 Å². The standard InChI is InChI=1S/C11H15NO2/c1-3-4-5-10-7-6-9(2)11(8-10)12(13)14/h6-8H,3-5H2,1-2H3. The first-order valence-corrected chi connectivity index (χ1v) is 4.89. The van der Waals surface area contributed by atoms with Gasteiger partial charge in [0.25, 0.3) is 5.69 Å². The van der Waals surface area contributed by atoms with Crippen molar-refractivity contribution in [1.29, 1.82) is 0 Å². The van der Waals surface area contributed by atoms with Crippen LogP contribution in [0.1, 0.15) is 30.9 Å². The van der Waals surface area contributed by atoms with E-state index in [1.165, 1.54) is 0 Å². The zero-order chi connectivity index (χ0) is 10.6. The molecule has 0 fully saturated rings. The molecule has 0 aromatic heterocycles. The summed E-state index contributed by atoms with van der Waals surface area (Å²) in [6.07, 6.45) is 3.12. The van der Waals surface area contributed by atoms with E-state index in [1.807, 2.05) is 12.1 Å². The van der Waals surface area contributed by atoms with Crippen LogP contribution in [-0.4, -0.2) is 4.92 Å². The second-order valence-electron chi connectivity index (χ2n) is 3.48. The monoisotopic (exact) mass is 193 g/mol. The van der Waals surface area contributed by atoms with Crippen molar-refractivity contribution in [2.24, 2.45) is 0 Å². The lowest BCUT2D eigenvalue weighted by molar-refractivity contribution is -0.385. The van der Waals surface area contributed by atoms with Crippen LogP contribution in [0, 0.1) is 17.0 Å². The van der Waals surface area contributed by atoms with Crippen LogP contribution in [-0.2, 0) is 6.42 Å². The molecule has 3 heteroatoms. The molecule has 0 radical (unpaired) electrons. The van der Waals surface area contributed by atoms with Gasteiger partial charge in [-0.1, -0.05) is 25.5 Å². The number of nitro benzene ring substituents is 1. The highest BCUT2D eigenvalue weighted by molar-refractivity contribution is 5.42. The number of unbranched alkanes of at least 4 members (excludes halogenated alkanes) is 1. The Hall–Kier alpha value is -1.38. The Labute approximate surface area is 83.9 Å². The van der Waals surface area contributed by atoms with E-state index in [0.717, 1.165) is 30.4 Å². The van der Waals surface area contributed by atoms with Gasteiger partial charge in [-0.25, -0.2) is 0 Å². The summed E-state index contributed by atoms with van der Waals surface area (Å²) < 4.78 is 0. The minimum absolute atomic E-state index is 0.235. The normalized spacial score (nSPS) is 10.1. The van der Waals surface area contributed by atoms with E-state index < -0.39 is 0 Å². The highest BCUT2D eigenvalue weighted by Crippen LogP contribution is 2.20. The van der Waals surface area contributed by atoms with Crippen molar-refractivity contribution >= 4 is 5.69 Å². The molecule has 76 valence electrons. The molecule has 0 N–H and O–H groups in total. The average Bonchev–Trinajstić information content (AvgIpc) is 2.16. The Morgan fingerprint density at radius 2 is 2.14 bits per heavy atom. The molecule has 3 nitrogen and oxygen atoms in total. The van der Waals surface area contributed by atoms with E-state index in [4.69, 9.17) is 0 Å². The van der Waals surface area contributed by atoms with Crippen LogP contribution in [0.3, 0.4) is 0 Å². The molecule has 0 saturated carbocycles. The van der Waals surface area contributed by atoms with Crippen LogP contribution >= 0.6 is 0 Å². The highest BCUT2D eigenvalue weighted by atomic mass is 16.6. The van der Waals surface area contributed by atoms with E-state index in [-0.39, 0.29) is 10.6 Å². The largest absolute Gasteiger partial charge is 0.272 e. The van der Waals surface area contributed by atoms with E-state index >= 15 is 0 Å². The Balaban J connectivity index is 2.89. The zero-order valence-electron chi connectivity index (χ0n) is 8.62. The van der Waals surface area contributed by atoms with Gasteiger partial charge in [0.05, 0.1) is 4.92 Å². The number of benzene rings is 1. The lowest BCUT2D eigenvalue weighted by Gasteiger charge is -2.01. The summed E-state index contributed by atoms with van der Waals surface area (Å²) in [5, 5.41) is 10.7. The molecule has 0 aliphatic heterocycles. The fraction of sp³-hybridized carbons (Fsp3) is 0.455. The van der Waals surface area contributed by atoms with Gasteiger partial charge in [0.1, 0.15) is 0 Å². The molecular weight excluding hydrogens is 178 g/mol. The van der Waals surface area contributed by atoms with Gasteiger partial charge < -0.3 is 0 Å². The Morgan fingerprint density at radius 3 is 2.71 bits per heavy atom. The van der Waals surface area contributed by atoms with Gasteiger partial charge in [0.2, 0.25) is 0 Å². The third-order valence-corrected chi connectivity index (χ3v) is 2.29. The maximum absolute atomic E-state index is 10.7. The SMILES string of the molecule is CCCCc1ccc(C)c([N+](=O)[O-])c1. The summed E-state index contributed by atoms with van der Waals surface area (Å²) >= 11 is 0. The smallest absolute Gasteiger partial charge is 0.258 e. The molecule has 0 aliphatic carbocycles. The molecule has 0 saturated heterocycles. The third-order valence-electron chi connectivity index (χ3n) is 2.29. The van der Waals surface area contributed by atoms with Crippen LogP contribution in [0.5, 0.6) is 0 Å². The lowest BCUT2D eigenvalue weighted by atomic mass is 10.1. The van der Waals surface area contributed by atoms with E-state index in [0.29, 0.717) is 0 Å². The second-order valence-corrected chi connectivity index (χ2v) is 3.48. The fourth-order valence-corrected chi connectivity index (χ4v) is 1.39. The van der Waals surface area contributed by atoms with Gasteiger partial charge in [-0.2, -0.15) is 0 Å². The maximum atomic E-state index is 10.7. The van der Waals surface area contributed by atoms with E-state index in [1.54, 1.807) is 13.0 Å². The minimum atomic E-state index is -0.315. The van der Waals surface area contributed by atoms with Gasteiger partial charge in [0, 0.05) is 11.6 Å². The van der Waals surface area contributed by atoms with Gasteiger partial charge >= 0.3 is 0 Å². The first-order valence-electron chi connectivity index (χ1n) is 4.89. The number of nitro groups is 1. The van der Waals surface area contributed by atoms with Crippen LogP contribution in [0.4, 0.5) is 5.69 Å². The highest BCUT2D eigenvalue weighted by Gasteiger charge is 2.10. The molecule has 1 aromatic rings. The molecule has 14 heavy (non-hydrogen) atoms. The van der Waals surface area contributed by atoms with Gasteiger partial charge in [-0.05, 0) is 25.3 Å². The summed E-state index contributed by atoms with van der Waals surface area (Å²) in [6.45, 7) is 3.88. The van der Waals surface area contributed by atoms with Crippen molar-refractivity contribution in [3.05, 3.63) is 39.4 Å². The summed E-state index contributed by atoms with van der Waals surface area (Å²) in [4.78, 5) is 10.3. The fourth-order valence-electron chi connectivity index (χ4n) is 1.39. The Kier molecular flexibility index (Phi) is 3.63. The second kappa shape index (κ2) is 4.74. The van der Waals surface area contributed by atoms with Crippen molar-refractivity contribution in [2.45, 2.75) is 33.1 Å². The molecule has 0 spiro atoms. The van der Waals surface area contributed by atoms with Crippen LogP contribution in [0.2, 0.25) is 0 Å². The molecule has 1 aromatic carbocycles. The lowest BCUT2D eigenvalue weighted by Crippen LogP contribution is -1.94. The van der Waals surface area contributed by atoms with Crippen LogP contribution in [0.25, 0.3) is 0 Å². The topological polar surface area (TPSA) is 43.1 Å². The average molecular weight is 193 g/mol. The third kappa shape index (κ3) is 2.55. The molecular formula is C11H15NO2. The van der Waals surface area contributed by atoms with Crippen molar-refractivity contribution in [3.8, 4) is 0 Å². The van der Waals surface area contributed by atoms with E-state index in [2.05, 4.69) is 6.92 Å². The van der Waals surface area contributed by atoms with Crippen molar-refractivity contribution in [3.63, 3.8) is 0 Å². The van der Waals surface area contributed by atoms with E-state index in [9.17, 15) is 10.1 Å². The van der Waals surface area contributed by atoms with Crippen LogP contribution < -0.4 is 0 Å². The first kappa shape index (κ1) is 10.7.